The molecule has 3 nitrogen and oxygen atoms in total. The molecule has 0 bridgehead atoms. The summed E-state index contributed by atoms with van der Waals surface area (Å²) >= 11 is 0. The molecule has 0 amide bonds. The van der Waals surface area contributed by atoms with Gasteiger partial charge in [-0.05, 0) is 81.6 Å². The molecule has 0 unspecified atom stereocenters. The summed E-state index contributed by atoms with van der Waals surface area (Å²) in [6.07, 6.45) is 0. The number of nitrogens with zero attached hydrogens (tertiary/aromatic N) is 2. The fraction of sp³-hybridized carbons (Fsp3) is 0. The molecule has 0 spiro atoms. The van der Waals surface area contributed by atoms with E-state index in [-0.39, 0.29) is 0 Å². The molecule has 0 aliphatic rings. The van der Waals surface area contributed by atoms with Crippen LogP contribution >= 0.6 is 0 Å². The second-order valence-electron chi connectivity index (χ2n) is 14.9. The first kappa shape index (κ1) is 34.4. The molecular weight excluding hydrogens is 717 g/mol. The lowest BCUT2D eigenvalue weighted by Crippen LogP contribution is -2.10. The third-order valence-corrected chi connectivity index (χ3v) is 11.4. The fourth-order valence-electron chi connectivity index (χ4n) is 8.70. The van der Waals surface area contributed by atoms with E-state index < -0.39 is 0 Å². The number of furan rings is 1. The summed E-state index contributed by atoms with van der Waals surface area (Å²) in [4.78, 5) is 4.70. The van der Waals surface area contributed by atoms with Gasteiger partial charge in [0.2, 0.25) is 0 Å². The lowest BCUT2D eigenvalue weighted by atomic mass is 9.96. The predicted octanol–water partition coefficient (Wildman–Crippen LogP) is 16.2. The third kappa shape index (κ3) is 6.08. The van der Waals surface area contributed by atoms with E-state index in [1.807, 2.05) is 0 Å². The molecule has 278 valence electrons. The van der Waals surface area contributed by atoms with E-state index in [9.17, 15) is 0 Å². The number of anilines is 6. The van der Waals surface area contributed by atoms with Crippen LogP contribution in [0.4, 0.5) is 34.1 Å². The number of rotatable bonds is 8. The topological polar surface area (TPSA) is 19.6 Å². The molecule has 11 rings (SSSR count). The van der Waals surface area contributed by atoms with Crippen LogP contribution < -0.4 is 9.80 Å². The van der Waals surface area contributed by atoms with Crippen molar-refractivity contribution in [1.82, 2.24) is 0 Å². The molecule has 1 aromatic heterocycles. The van der Waals surface area contributed by atoms with E-state index >= 15 is 0 Å². The summed E-state index contributed by atoms with van der Waals surface area (Å²) in [7, 11) is 0. The summed E-state index contributed by atoms with van der Waals surface area (Å²) in [5, 5.41) is 6.83. The van der Waals surface area contributed by atoms with Crippen molar-refractivity contribution < 1.29 is 4.42 Å². The van der Waals surface area contributed by atoms with E-state index in [1.165, 1.54) is 22.3 Å². The Kier molecular flexibility index (Phi) is 8.49. The largest absolute Gasteiger partial charge is 0.456 e. The van der Waals surface area contributed by atoms with E-state index in [0.29, 0.717) is 0 Å². The SMILES string of the molecule is c1ccc(-c2ccc(N(c3ccccc3)c3cc4oc5cc(N(c6ccccc6)c6ccc(-c7ccccc7)cc6)c6ccccc6c5c4c4ccccc34)cc2)cc1. The van der Waals surface area contributed by atoms with Gasteiger partial charge in [-0.3, -0.25) is 0 Å². The first-order chi connectivity index (χ1) is 29.3. The maximum atomic E-state index is 7.09. The Hall–Kier alpha value is -7.88. The molecule has 10 aromatic carbocycles. The fourth-order valence-corrected chi connectivity index (χ4v) is 8.70. The Balaban J connectivity index is 1.13. The van der Waals surface area contributed by atoms with Crippen LogP contribution in [0.2, 0.25) is 0 Å². The molecule has 0 aliphatic heterocycles. The lowest BCUT2D eigenvalue weighted by Gasteiger charge is -2.27. The molecular formula is C56H38N2O. The van der Waals surface area contributed by atoms with E-state index in [4.69, 9.17) is 4.42 Å². The number of para-hydroxylation sites is 2. The lowest BCUT2D eigenvalue weighted by molar-refractivity contribution is 0.669. The monoisotopic (exact) mass is 754 g/mol. The number of fused-ring (bicyclic) bond motifs is 7. The zero-order chi connectivity index (χ0) is 39.1. The Morgan fingerprint density at radius 3 is 0.915 bits per heavy atom. The summed E-state index contributed by atoms with van der Waals surface area (Å²) < 4.78 is 7.09. The van der Waals surface area contributed by atoms with Gasteiger partial charge in [0, 0.05) is 56.4 Å². The smallest absolute Gasteiger partial charge is 0.138 e. The van der Waals surface area contributed by atoms with Crippen molar-refractivity contribution in [2.24, 2.45) is 0 Å². The van der Waals surface area contributed by atoms with Crippen molar-refractivity contribution in [1.29, 1.82) is 0 Å². The van der Waals surface area contributed by atoms with Crippen LogP contribution in [0.15, 0.2) is 235 Å². The van der Waals surface area contributed by atoms with Crippen LogP contribution in [0.3, 0.4) is 0 Å². The van der Waals surface area contributed by atoms with E-state index in [1.54, 1.807) is 0 Å². The van der Waals surface area contributed by atoms with Crippen LogP contribution in [-0.4, -0.2) is 0 Å². The molecule has 0 saturated heterocycles. The Morgan fingerprint density at radius 1 is 0.254 bits per heavy atom. The number of hydrogen-bond acceptors (Lipinski definition) is 3. The van der Waals surface area contributed by atoms with Crippen molar-refractivity contribution in [3.05, 3.63) is 231 Å². The van der Waals surface area contributed by atoms with Gasteiger partial charge in [0.15, 0.2) is 0 Å². The van der Waals surface area contributed by atoms with Crippen LogP contribution in [0.5, 0.6) is 0 Å². The quantitative estimate of drug-likeness (QED) is 0.154. The third-order valence-electron chi connectivity index (χ3n) is 11.4. The van der Waals surface area contributed by atoms with Gasteiger partial charge in [0.05, 0.1) is 11.4 Å². The molecule has 1 heterocycles. The van der Waals surface area contributed by atoms with Crippen molar-refractivity contribution >= 4 is 77.6 Å². The van der Waals surface area contributed by atoms with Gasteiger partial charge >= 0.3 is 0 Å². The van der Waals surface area contributed by atoms with Crippen LogP contribution in [-0.2, 0) is 0 Å². The standard InChI is InChI=1S/C56H38N2O/c1-5-17-39(18-6-1)41-29-33-45(34-30-41)57(43-21-9-3-10-22-43)51-37-53-55(49-27-15-13-25-47(49)51)56-50-28-16-14-26-48(50)52(38-54(56)59-53)58(44-23-11-4-12-24-44)46-35-31-42(32-36-46)40-19-7-2-8-20-40/h1-38H. The van der Waals surface area contributed by atoms with Gasteiger partial charge in [-0.15, -0.1) is 0 Å². The van der Waals surface area contributed by atoms with Gasteiger partial charge in [0.25, 0.3) is 0 Å². The molecule has 0 fully saturated rings. The average Bonchev–Trinajstić information content (AvgIpc) is 3.70. The second kappa shape index (κ2) is 14.6. The molecule has 0 saturated carbocycles. The van der Waals surface area contributed by atoms with Crippen molar-refractivity contribution in [3.63, 3.8) is 0 Å². The molecule has 0 N–H and O–H groups in total. The molecule has 3 heteroatoms. The predicted molar refractivity (Wildman–Crippen MR) is 249 cm³/mol. The maximum Gasteiger partial charge on any atom is 0.138 e. The molecule has 0 radical (unpaired) electrons. The van der Waals surface area contributed by atoms with Crippen molar-refractivity contribution in [2.75, 3.05) is 9.80 Å². The molecule has 59 heavy (non-hydrogen) atoms. The average molecular weight is 755 g/mol. The zero-order valence-corrected chi connectivity index (χ0v) is 32.2. The first-order valence-electron chi connectivity index (χ1n) is 20.1. The summed E-state index contributed by atoms with van der Waals surface area (Å²) in [5.74, 6) is 0. The van der Waals surface area contributed by atoms with E-state index in [0.717, 1.165) is 77.6 Å². The van der Waals surface area contributed by atoms with Gasteiger partial charge in [-0.1, -0.05) is 170 Å². The molecule has 0 atom stereocenters. The number of hydrogen-bond donors (Lipinski definition) is 0. The zero-order valence-electron chi connectivity index (χ0n) is 32.2. The Labute approximate surface area is 343 Å². The minimum atomic E-state index is 0.844. The molecule has 11 aromatic rings. The van der Waals surface area contributed by atoms with Gasteiger partial charge in [0.1, 0.15) is 11.2 Å². The van der Waals surface area contributed by atoms with Gasteiger partial charge < -0.3 is 14.2 Å². The highest BCUT2D eigenvalue weighted by molar-refractivity contribution is 6.30. The summed E-state index contributed by atoms with van der Waals surface area (Å²) in [5.41, 5.74) is 12.8. The molecule has 0 aliphatic carbocycles. The summed E-state index contributed by atoms with van der Waals surface area (Å²) in [6, 6.07) is 82.0. The van der Waals surface area contributed by atoms with Crippen LogP contribution in [0, 0.1) is 0 Å². The van der Waals surface area contributed by atoms with Gasteiger partial charge in [-0.2, -0.15) is 0 Å². The Morgan fingerprint density at radius 2 is 0.542 bits per heavy atom. The highest BCUT2D eigenvalue weighted by Gasteiger charge is 2.24. The minimum absolute atomic E-state index is 0.844. The highest BCUT2D eigenvalue weighted by atomic mass is 16.3. The normalized spacial score (nSPS) is 11.4. The highest BCUT2D eigenvalue weighted by Crippen LogP contribution is 2.49. The van der Waals surface area contributed by atoms with Crippen LogP contribution in [0.25, 0.3) is 65.7 Å². The van der Waals surface area contributed by atoms with Crippen LogP contribution in [0.1, 0.15) is 0 Å². The number of benzene rings is 10. The second-order valence-corrected chi connectivity index (χ2v) is 14.9. The van der Waals surface area contributed by atoms with E-state index in [2.05, 4.69) is 240 Å². The Bertz CT molecular complexity index is 3010. The van der Waals surface area contributed by atoms with Crippen molar-refractivity contribution in [2.45, 2.75) is 0 Å². The summed E-state index contributed by atoms with van der Waals surface area (Å²) in [6.45, 7) is 0. The minimum Gasteiger partial charge on any atom is -0.456 e. The van der Waals surface area contributed by atoms with Gasteiger partial charge in [-0.25, -0.2) is 0 Å². The first-order valence-corrected chi connectivity index (χ1v) is 20.1. The van der Waals surface area contributed by atoms with Crippen molar-refractivity contribution in [3.8, 4) is 22.3 Å². The maximum absolute atomic E-state index is 7.09.